The lowest BCUT2D eigenvalue weighted by molar-refractivity contribution is 0.102. The minimum Gasteiger partial charge on any atom is -0.497 e. The molecule has 0 aliphatic carbocycles. The molecule has 0 saturated carbocycles. The van der Waals surface area contributed by atoms with Crippen LogP contribution in [0.3, 0.4) is 0 Å². The Hall–Kier alpha value is -3.34. The van der Waals surface area contributed by atoms with Crippen molar-refractivity contribution in [1.82, 2.24) is 14.1 Å². The van der Waals surface area contributed by atoms with Gasteiger partial charge in [-0.25, -0.2) is 18.5 Å². The van der Waals surface area contributed by atoms with Crippen LogP contribution in [0.15, 0.2) is 77.0 Å². The molecule has 0 saturated heterocycles. The number of aromatic nitrogens is 3. The first-order chi connectivity index (χ1) is 16.2. The molecule has 2 N–H and O–H groups in total. The van der Waals surface area contributed by atoms with Crippen molar-refractivity contribution in [3.63, 3.8) is 0 Å². The molecule has 10 heteroatoms. The molecular weight excluding hydrogens is 472 g/mol. The van der Waals surface area contributed by atoms with Gasteiger partial charge in [0, 0.05) is 41.1 Å². The molecular formula is C24H24N4O4S2. The Kier molecular flexibility index (Phi) is 6.65. The number of ketones is 1. The van der Waals surface area contributed by atoms with Crippen molar-refractivity contribution in [1.29, 1.82) is 0 Å². The van der Waals surface area contributed by atoms with Crippen molar-refractivity contribution in [2.75, 3.05) is 12.9 Å². The van der Waals surface area contributed by atoms with Gasteiger partial charge in [0.1, 0.15) is 5.75 Å². The maximum Gasteiger partial charge on any atom is 0.238 e. The van der Waals surface area contributed by atoms with Crippen LogP contribution in [-0.2, 0) is 10.0 Å². The molecule has 0 spiro atoms. The van der Waals surface area contributed by atoms with E-state index in [-0.39, 0.29) is 16.4 Å². The Morgan fingerprint density at radius 2 is 1.82 bits per heavy atom. The van der Waals surface area contributed by atoms with E-state index in [1.165, 1.54) is 23.9 Å². The molecule has 0 aliphatic heterocycles. The van der Waals surface area contributed by atoms with E-state index in [4.69, 9.17) is 9.88 Å². The Labute approximate surface area is 202 Å². The van der Waals surface area contributed by atoms with Crippen LogP contribution in [0.4, 0.5) is 0 Å². The van der Waals surface area contributed by atoms with E-state index in [1.54, 1.807) is 25.4 Å². The number of Topliss-reactive ketones (excluding diaryl/α,β-unsaturated/α-hetero) is 1. The topological polar surface area (TPSA) is 109 Å². The summed E-state index contributed by atoms with van der Waals surface area (Å²) >= 11 is 1.36. The van der Waals surface area contributed by atoms with Gasteiger partial charge in [0.25, 0.3) is 0 Å². The number of hydrogen-bond acceptors (Lipinski definition) is 6. The molecule has 0 fully saturated rings. The highest BCUT2D eigenvalue weighted by atomic mass is 32.2. The smallest absolute Gasteiger partial charge is 0.238 e. The van der Waals surface area contributed by atoms with E-state index < -0.39 is 10.0 Å². The largest absolute Gasteiger partial charge is 0.497 e. The number of primary sulfonamides is 1. The number of hydrogen-bond donors (Lipinski definition) is 1. The van der Waals surface area contributed by atoms with Crippen molar-refractivity contribution >= 4 is 27.6 Å². The van der Waals surface area contributed by atoms with Gasteiger partial charge in [-0.3, -0.25) is 9.36 Å². The first-order valence-electron chi connectivity index (χ1n) is 10.3. The van der Waals surface area contributed by atoms with Crippen LogP contribution in [0.1, 0.15) is 21.7 Å². The standard InChI is InChI=1S/C24H24N4O4S2/c1-16-13-22(17(2)28(16)18-7-9-21(10-8-18)34(25,30)31)23(29)15-33-24-26-11-12-27(24)19-5-4-6-20(14-19)32-3/h4-14H,15H2,1-3H3,(H2,25,30,31). The lowest BCUT2D eigenvalue weighted by Gasteiger charge is -2.11. The summed E-state index contributed by atoms with van der Waals surface area (Å²) in [6.07, 6.45) is 3.54. The maximum atomic E-state index is 13.1. The number of aryl methyl sites for hydroxylation is 1. The molecule has 0 radical (unpaired) electrons. The second kappa shape index (κ2) is 9.49. The van der Waals surface area contributed by atoms with Crippen LogP contribution in [0.5, 0.6) is 5.75 Å². The summed E-state index contributed by atoms with van der Waals surface area (Å²) in [7, 11) is -2.15. The number of rotatable bonds is 8. The van der Waals surface area contributed by atoms with E-state index in [0.29, 0.717) is 10.7 Å². The lowest BCUT2D eigenvalue weighted by Crippen LogP contribution is -2.12. The number of carbonyl (C=O) groups excluding carboxylic acids is 1. The van der Waals surface area contributed by atoms with Crippen molar-refractivity contribution in [3.05, 3.63) is 83.9 Å². The number of carbonyl (C=O) groups is 1. The normalized spacial score (nSPS) is 11.5. The molecule has 0 aliphatic rings. The fraction of sp³-hybridized carbons (Fsp3) is 0.167. The maximum absolute atomic E-state index is 13.1. The van der Waals surface area contributed by atoms with E-state index >= 15 is 0 Å². The molecule has 4 rings (SSSR count). The van der Waals surface area contributed by atoms with Crippen LogP contribution in [0.2, 0.25) is 0 Å². The van der Waals surface area contributed by atoms with Crippen molar-refractivity contribution in [2.45, 2.75) is 23.9 Å². The van der Waals surface area contributed by atoms with E-state index in [1.807, 2.05) is 59.5 Å². The van der Waals surface area contributed by atoms with Gasteiger partial charge in [-0.2, -0.15) is 0 Å². The molecule has 2 aromatic carbocycles. The van der Waals surface area contributed by atoms with Crippen molar-refractivity contribution < 1.29 is 17.9 Å². The van der Waals surface area contributed by atoms with E-state index in [0.717, 1.165) is 28.5 Å². The van der Waals surface area contributed by atoms with Crippen LogP contribution >= 0.6 is 11.8 Å². The SMILES string of the molecule is COc1cccc(-n2ccnc2SCC(=O)c2cc(C)n(-c3ccc(S(N)(=O)=O)cc3)c2C)c1. The van der Waals surface area contributed by atoms with Crippen LogP contribution < -0.4 is 9.88 Å². The quantitative estimate of drug-likeness (QED) is 0.293. The van der Waals surface area contributed by atoms with Crippen LogP contribution in [-0.4, -0.2) is 41.2 Å². The molecule has 0 amide bonds. The highest BCUT2D eigenvalue weighted by molar-refractivity contribution is 7.99. The number of methoxy groups -OCH3 is 1. The summed E-state index contributed by atoms with van der Waals surface area (Å²) in [5, 5.41) is 5.89. The number of ether oxygens (including phenoxy) is 1. The second-order valence-electron chi connectivity index (χ2n) is 7.65. The Morgan fingerprint density at radius 3 is 2.50 bits per heavy atom. The van der Waals surface area contributed by atoms with Gasteiger partial charge in [-0.1, -0.05) is 17.8 Å². The van der Waals surface area contributed by atoms with Crippen LogP contribution in [0, 0.1) is 13.8 Å². The number of nitrogens with two attached hydrogens (primary N) is 1. The third-order valence-corrected chi connectivity index (χ3v) is 7.32. The molecule has 176 valence electrons. The lowest BCUT2D eigenvalue weighted by atomic mass is 10.2. The van der Waals surface area contributed by atoms with Crippen molar-refractivity contribution in [2.24, 2.45) is 5.14 Å². The number of imidazole rings is 1. The average molecular weight is 497 g/mol. The zero-order valence-electron chi connectivity index (χ0n) is 18.9. The third kappa shape index (κ3) is 4.79. The van der Waals surface area contributed by atoms with Crippen LogP contribution in [0.25, 0.3) is 11.4 Å². The monoisotopic (exact) mass is 496 g/mol. The summed E-state index contributed by atoms with van der Waals surface area (Å²) < 4.78 is 32.2. The number of benzene rings is 2. The van der Waals surface area contributed by atoms with Gasteiger partial charge in [0.05, 0.1) is 23.4 Å². The Bertz CT molecular complexity index is 1450. The minimum absolute atomic E-state index is 0.0225. The first kappa shape index (κ1) is 23.8. The Balaban J connectivity index is 1.54. The fourth-order valence-electron chi connectivity index (χ4n) is 3.79. The predicted molar refractivity (Wildman–Crippen MR) is 132 cm³/mol. The van der Waals surface area contributed by atoms with Gasteiger partial charge in [0.15, 0.2) is 10.9 Å². The second-order valence-corrected chi connectivity index (χ2v) is 10.2. The number of sulfonamides is 1. The van der Waals surface area contributed by atoms with E-state index in [9.17, 15) is 13.2 Å². The molecule has 2 heterocycles. The van der Waals surface area contributed by atoms with Gasteiger partial charge < -0.3 is 9.30 Å². The predicted octanol–water partition coefficient (Wildman–Crippen LogP) is 3.91. The van der Waals surface area contributed by atoms with E-state index in [2.05, 4.69) is 4.98 Å². The molecule has 0 atom stereocenters. The molecule has 8 nitrogen and oxygen atoms in total. The average Bonchev–Trinajstić information content (AvgIpc) is 3.41. The molecule has 4 aromatic rings. The van der Waals surface area contributed by atoms with Gasteiger partial charge in [0.2, 0.25) is 10.0 Å². The molecule has 34 heavy (non-hydrogen) atoms. The third-order valence-electron chi connectivity index (χ3n) is 5.43. The zero-order valence-corrected chi connectivity index (χ0v) is 20.6. The zero-order chi connectivity index (χ0) is 24.5. The summed E-state index contributed by atoms with van der Waals surface area (Å²) in [5.74, 6) is 0.934. The molecule has 2 aromatic heterocycles. The van der Waals surface area contributed by atoms with Gasteiger partial charge >= 0.3 is 0 Å². The number of thioether (sulfide) groups is 1. The fourth-order valence-corrected chi connectivity index (χ4v) is 5.16. The summed E-state index contributed by atoms with van der Waals surface area (Å²) in [6.45, 7) is 3.77. The minimum atomic E-state index is -3.77. The van der Waals surface area contributed by atoms with Gasteiger partial charge in [-0.15, -0.1) is 0 Å². The number of nitrogens with zero attached hydrogens (tertiary/aromatic N) is 3. The Morgan fingerprint density at radius 1 is 1.09 bits per heavy atom. The summed E-state index contributed by atoms with van der Waals surface area (Å²) in [4.78, 5) is 17.5. The van der Waals surface area contributed by atoms with Crippen molar-refractivity contribution in [3.8, 4) is 17.1 Å². The molecule has 0 unspecified atom stereocenters. The molecule has 0 bridgehead atoms. The van der Waals surface area contributed by atoms with Gasteiger partial charge in [-0.05, 0) is 56.3 Å². The summed E-state index contributed by atoms with van der Waals surface area (Å²) in [6, 6.07) is 15.7. The highest BCUT2D eigenvalue weighted by Gasteiger charge is 2.19. The highest BCUT2D eigenvalue weighted by Crippen LogP contribution is 2.26. The first-order valence-corrected chi connectivity index (χ1v) is 12.9. The summed E-state index contributed by atoms with van der Waals surface area (Å²) in [5.41, 5.74) is 3.91.